The minimum absolute atomic E-state index is 0.0278. The number of amides is 1. The molecule has 3 rings (SSSR count). The van der Waals surface area contributed by atoms with E-state index in [1.165, 1.54) is 0 Å². The molecule has 0 saturated heterocycles. The summed E-state index contributed by atoms with van der Waals surface area (Å²) in [7, 11) is 0. The summed E-state index contributed by atoms with van der Waals surface area (Å²) in [5.74, 6) is 0.570. The lowest BCUT2D eigenvalue weighted by Crippen LogP contribution is -2.36. The van der Waals surface area contributed by atoms with Gasteiger partial charge in [-0.15, -0.1) is 0 Å². The van der Waals surface area contributed by atoms with Crippen molar-refractivity contribution in [2.45, 2.75) is 25.2 Å². The third-order valence-corrected chi connectivity index (χ3v) is 4.12. The van der Waals surface area contributed by atoms with Crippen LogP contribution in [0.25, 0.3) is 0 Å². The monoisotopic (exact) mass is 291 g/mol. The standard InChI is InChI=1S/C14H14ClN3O2/c15-11-4-2-1-3-8(11)7-12-17-14(20-18-12)10-6-5-9(10)13(16)19/h1-4,9-10H,5-7H2,(H2,16,19). The Labute approximate surface area is 121 Å². The van der Waals surface area contributed by atoms with Gasteiger partial charge in [0.2, 0.25) is 11.8 Å². The summed E-state index contributed by atoms with van der Waals surface area (Å²) in [6.07, 6.45) is 2.17. The molecule has 0 radical (unpaired) electrons. The Kier molecular flexibility index (Phi) is 3.44. The van der Waals surface area contributed by atoms with E-state index in [1.807, 2.05) is 24.3 Å². The fourth-order valence-electron chi connectivity index (χ4n) is 2.44. The molecule has 104 valence electrons. The largest absolute Gasteiger partial charge is 0.369 e. The molecule has 1 heterocycles. The first-order chi connectivity index (χ1) is 9.65. The second-order valence-corrected chi connectivity index (χ2v) is 5.42. The van der Waals surface area contributed by atoms with Crippen LogP contribution in [0.15, 0.2) is 28.8 Å². The second-order valence-electron chi connectivity index (χ2n) is 5.01. The molecule has 5 nitrogen and oxygen atoms in total. The van der Waals surface area contributed by atoms with Crippen LogP contribution in [0.1, 0.15) is 36.0 Å². The van der Waals surface area contributed by atoms with Crippen molar-refractivity contribution in [2.24, 2.45) is 11.7 Å². The molecule has 1 aliphatic rings. The van der Waals surface area contributed by atoms with Crippen LogP contribution in [0, 0.1) is 5.92 Å². The summed E-state index contributed by atoms with van der Waals surface area (Å²) in [6.45, 7) is 0. The van der Waals surface area contributed by atoms with Crippen molar-refractivity contribution in [3.05, 3.63) is 46.6 Å². The summed E-state index contributed by atoms with van der Waals surface area (Å²) in [4.78, 5) is 15.6. The van der Waals surface area contributed by atoms with Crippen molar-refractivity contribution >= 4 is 17.5 Å². The zero-order valence-corrected chi connectivity index (χ0v) is 11.5. The van der Waals surface area contributed by atoms with Crippen LogP contribution in [0.4, 0.5) is 0 Å². The maximum atomic E-state index is 11.2. The molecule has 0 bridgehead atoms. The van der Waals surface area contributed by atoms with E-state index in [4.69, 9.17) is 21.9 Å². The predicted molar refractivity (Wildman–Crippen MR) is 73.2 cm³/mol. The van der Waals surface area contributed by atoms with Crippen LogP contribution in [-0.2, 0) is 11.2 Å². The molecule has 20 heavy (non-hydrogen) atoms. The highest BCUT2D eigenvalue weighted by Gasteiger charge is 2.39. The van der Waals surface area contributed by atoms with Gasteiger partial charge in [-0.2, -0.15) is 4.98 Å². The van der Waals surface area contributed by atoms with Gasteiger partial charge in [0.15, 0.2) is 5.82 Å². The molecule has 1 saturated carbocycles. The van der Waals surface area contributed by atoms with Gasteiger partial charge in [0, 0.05) is 17.4 Å². The highest BCUT2D eigenvalue weighted by molar-refractivity contribution is 6.31. The quantitative estimate of drug-likeness (QED) is 0.937. The molecule has 2 atom stereocenters. The van der Waals surface area contributed by atoms with Gasteiger partial charge in [-0.25, -0.2) is 0 Å². The number of benzene rings is 1. The lowest BCUT2D eigenvalue weighted by molar-refractivity contribution is -0.125. The maximum Gasteiger partial charge on any atom is 0.230 e. The predicted octanol–water partition coefficient (Wildman–Crippen LogP) is 2.29. The van der Waals surface area contributed by atoms with Crippen molar-refractivity contribution in [3.63, 3.8) is 0 Å². The molecule has 1 aliphatic carbocycles. The van der Waals surface area contributed by atoms with E-state index in [2.05, 4.69) is 10.1 Å². The van der Waals surface area contributed by atoms with E-state index >= 15 is 0 Å². The van der Waals surface area contributed by atoms with E-state index in [-0.39, 0.29) is 17.7 Å². The van der Waals surface area contributed by atoms with Crippen molar-refractivity contribution in [1.29, 1.82) is 0 Å². The van der Waals surface area contributed by atoms with Gasteiger partial charge in [-0.1, -0.05) is 35.0 Å². The minimum atomic E-state index is -0.299. The number of carbonyl (C=O) groups excluding carboxylic acids is 1. The SMILES string of the molecule is NC(=O)C1CCC1c1nc(Cc2ccccc2Cl)no1. The van der Waals surface area contributed by atoms with Crippen LogP contribution in [0.2, 0.25) is 5.02 Å². The molecule has 0 spiro atoms. The second kappa shape index (κ2) is 5.25. The molecule has 1 fully saturated rings. The lowest BCUT2D eigenvalue weighted by atomic mass is 9.73. The topological polar surface area (TPSA) is 82.0 Å². The van der Waals surface area contributed by atoms with Crippen LogP contribution >= 0.6 is 11.6 Å². The van der Waals surface area contributed by atoms with E-state index in [0.717, 1.165) is 18.4 Å². The molecule has 2 N–H and O–H groups in total. The molecule has 1 aromatic heterocycles. The highest BCUT2D eigenvalue weighted by Crippen LogP contribution is 2.41. The molecule has 6 heteroatoms. The Bertz CT molecular complexity index is 641. The Hall–Kier alpha value is -1.88. The normalized spacial score (nSPS) is 21.4. The fourth-order valence-corrected chi connectivity index (χ4v) is 2.64. The van der Waals surface area contributed by atoms with Gasteiger partial charge in [0.05, 0.1) is 5.92 Å². The third kappa shape index (κ3) is 2.41. The average molecular weight is 292 g/mol. The van der Waals surface area contributed by atoms with Gasteiger partial charge in [-0.3, -0.25) is 4.79 Å². The van der Waals surface area contributed by atoms with Crippen LogP contribution < -0.4 is 5.73 Å². The summed E-state index contributed by atoms with van der Waals surface area (Å²) in [5, 5.41) is 4.63. The van der Waals surface area contributed by atoms with Crippen molar-refractivity contribution in [3.8, 4) is 0 Å². The highest BCUT2D eigenvalue weighted by atomic mass is 35.5. The molecular formula is C14H14ClN3O2. The molecule has 2 unspecified atom stereocenters. The number of rotatable bonds is 4. The van der Waals surface area contributed by atoms with Crippen LogP contribution in [-0.4, -0.2) is 16.0 Å². The van der Waals surface area contributed by atoms with Crippen molar-refractivity contribution in [2.75, 3.05) is 0 Å². The minimum Gasteiger partial charge on any atom is -0.369 e. The van der Waals surface area contributed by atoms with E-state index in [1.54, 1.807) is 0 Å². The summed E-state index contributed by atoms with van der Waals surface area (Å²) >= 11 is 6.10. The molecule has 2 aromatic rings. The van der Waals surface area contributed by atoms with Crippen molar-refractivity contribution < 1.29 is 9.32 Å². The van der Waals surface area contributed by atoms with Gasteiger partial charge in [0.1, 0.15) is 0 Å². The summed E-state index contributed by atoms with van der Waals surface area (Å²) in [5.41, 5.74) is 6.28. The fraction of sp³-hybridized carbons (Fsp3) is 0.357. The first-order valence-electron chi connectivity index (χ1n) is 6.50. The van der Waals surface area contributed by atoms with Gasteiger partial charge in [-0.05, 0) is 24.5 Å². The number of hydrogen-bond donors (Lipinski definition) is 1. The van der Waals surface area contributed by atoms with E-state index < -0.39 is 0 Å². The Morgan fingerprint density at radius 1 is 1.40 bits per heavy atom. The number of hydrogen-bond acceptors (Lipinski definition) is 4. The molecule has 1 aromatic carbocycles. The zero-order valence-electron chi connectivity index (χ0n) is 10.8. The Morgan fingerprint density at radius 2 is 2.20 bits per heavy atom. The summed E-state index contributed by atoms with van der Waals surface area (Å²) in [6, 6.07) is 7.54. The third-order valence-electron chi connectivity index (χ3n) is 3.75. The molecule has 1 amide bonds. The number of carbonyl (C=O) groups is 1. The first kappa shape index (κ1) is 13.1. The number of halogens is 1. The summed E-state index contributed by atoms with van der Waals surface area (Å²) < 4.78 is 5.25. The Morgan fingerprint density at radius 3 is 2.85 bits per heavy atom. The first-order valence-corrected chi connectivity index (χ1v) is 6.88. The van der Waals surface area contributed by atoms with Gasteiger partial charge in [0.25, 0.3) is 0 Å². The smallest absolute Gasteiger partial charge is 0.230 e. The number of nitrogens with two attached hydrogens (primary N) is 1. The zero-order chi connectivity index (χ0) is 14.1. The number of primary amides is 1. The molecular weight excluding hydrogens is 278 g/mol. The van der Waals surface area contributed by atoms with Crippen molar-refractivity contribution in [1.82, 2.24) is 10.1 Å². The number of nitrogens with zero attached hydrogens (tertiary/aromatic N) is 2. The molecule has 0 aliphatic heterocycles. The Balaban J connectivity index is 1.75. The van der Waals surface area contributed by atoms with Crippen LogP contribution in [0.3, 0.4) is 0 Å². The van der Waals surface area contributed by atoms with Crippen LogP contribution in [0.5, 0.6) is 0 Å². The van der Waals surface area contributed by atoms with E-state index in [0.29, 0.717) is 23.2 Å². The lowest BCUT2D eigenvalue weighted by Gasteiger charge is -2.30. The number of aromatic nitrogens is 2. The van der Waals surface area contributed by atoms with Gasteiger partial charge < -0.3 is 10.3 Å². The van der Waals surface area contributed by atoms with E-state index in [9.17, 15) is 4.79 Å². The average Bonchev–Trinajstić information content (AvgIpc) is 2.78. The van der Waals surface area contributed by atoms with Gasteiger partial charge >= 0.3 is 0 Å². The maximum absolute atomic E-state index is 11.2.